The molecule has 130 valence electrons. The van der Waals surface area contributed by atoms with E-state index in [1.165, 1.54) is 0 Å². The van der Waals surface area contributed by atoms with E-state index in [9.17, 15) is 14.4 Å². The summed E-state index contributed by atoms with van der Waals surface area (Å²) < 4.78 is 0. The Morgan fingerprint density at radius 3 is 2.46 bits per heavy atom. The number of benzene rings is 1. The molecular formula is C20H17N3O3. The molecule has 1 saturated heterocycles. The summed E-state index contributed by atoms with van der Waals surface area (Å²) in [4.78, 5) is 43.1. The van der Waals surface area contributed by atoms with Crippen molar-refractivity contribution in [2.24, 2.45) is 23.7 Å². The van der Waals surface area contributed by atoms with E-state index in [1.807, 2.05) is 42.5 Å². The number of rotatable bonds is 3. The highest BCUT2D eigenvalue weighted by molar-refractivity contribution is 6.09. The maximum absolute atomic E-state index is 12.6. The SMILES string of the molecule is O=C(CN1C(=O)[C@H]2[C@H](C1=O)[C@H]1C=C[C@H]2C1)Nc1ccc2ccccc2n1. The van der Waals surface area contributed by atoms with Crippen LogP contribution < -0.4 is 5.32 Å². The van der Waals surface area contributed by atoms with Crippen molar-refractivity contribution < 1.29 is 14.4 Å². The minimum atomic E-state index is -0.408. The molecule has 0 unspecified atom stereocenters. The lowest BCUT2D eigenvalue weighted by Crippen LogP contribution is -2.39. The number of anilines is 1. The number of fused-ring (bicyclic) bond motifs is 6. The summed E-state index contributed by atoms with van der Waals surface area (Å²) in [5.41, 5.74) is 0.774. The van der Waals surface area contributed by atoms with Crippen LogP contribution in [0.5, 0.6) is 0 Å². The van der Waals surface area contributed by atoms with Gasteiger partial charge in [0.1, 0.15) is 12.4 Å². The zero-order valence-electron chi connectivity index (χ0n) is 14.0. The first-order chi connectivity index (χ1) is 12.6. The minimum Gasteiger partial charge on any atom is -0.309 e. The quantitative estimate of drug-likeness (QED) is 0.680. The number of imide groups is 1. The number of carbonyl (C=O) groups excluding carboxylic acids is 3. The number of nitrogens with zero attached hydrogens (tertiary/aromatic N) is 2. The summed E-state index contributed by atoms with van der Waals surface area (Å²) in [7, 11) is 0. The highest BCUT2D eigenvalue weighted by atomic mass is 16.2. The second kappa shape index (κ2) is 5.49. The van der Waals surface area contributed by atoms with Gasteiger partial charge in [0.05, 0.1) is 17.4 Å². The molecule has 2 aromatic rings. The first-order valence-corrected chi connectivity index (χ1v) is 8.81. The molecule has 6 heteroatoms. The lowest BCUT2D eigenvalue weighted by molar-refractivity contribution is -0.143. The second-order valence-electron chi connectivity index (χ2n) is 7.20. The van der Waals surface area contributed by atoms with Crippen LogP contribution in [0.3, 0.4) is 0 Å². The first-order valence-electron chi connectivity index (χ1n) is 8.81. The van der Waals surface area contributed by atoms with Crippen molar-refractivity contribution in [1.82, 2.24) is 9.88 Å². The third kappa shape index (κ3) is 2.18. The zero-order chi connectivity index (χ0) is 17.8. The first kappa shape index (κ1) is 15.3. The molecule has 0 radical (unpaired) electrons. The van der Waals surface area contributed by atoms with E-state index >= 15 is 0 Å². The van der Waals surface area contributed by atoms with Crippen LogP contribution in [0.2, 0.25) is 0 Å². The van der Waals surface area contributed by atoms with Crippen LogP contribution >= 0.6 is 0 Å². The summed E-state index contributed by atoms with van der Waals surface area (Å²) in [6, 6.07) is 11.2. The zero-order valence-corrected chi connectivity index (χ0v) is 14.0. The predicted molar refractivity (Wildman–Crippen MR) is 94.8 cm³/mol. The van der Waals surface area contributed by atoms with Crippen LogP contribution in [-0.2, 0) is 14.4 Å². The Bertz CT molecular complexity index is 953. The lowest BCUT2D eigenvalue weighted by Gasteiger charge is -2.16. The van der Waals surface area contributed by atoms with E-state index in [0.29, 0.717) is 5.82 Å². The molecule has 3 amide bonds. The smallest absolute Gasteiger partial charge is 0.245 e. The van der Waals surface area contributed by atoms with E-state index in [-0.39, 0.29) is 42.0 Å². The number of hydrogen-bond donors (Lipinski definition) is 1. The van der Waals surface area contributed by atoms with Crippen molar-refractivity contribution >= 4 is 34.4 Å². The third-order valence-electron chi connectivity index (χ3n) is 5.73. The second-order valence-corrected chi connectivity index (χ2v) is 7.20. The van der Waals surface area contributed by atoms with Gasteiger partial charge in [-0.15, -0.1) is 0 Å². The van der Waals surface area contributed by atoms with Crippen molar-refractivity contribution in [2.75, 3.05) is 11.9 Å². The van der Waals surface area contributed by atoms with Gasteiger partial charge in [0.15, 0.2) is 0 Å². The summed E-state index contributed by atoms with van der Waals surface area (Å²) in [5.74, 6) is -0.664. The highest BCUT2D eigenvalue weighted by Crippen LogP contribution is 2.52. The van der Waals surface area contributed by atoms with E-state index in [0.717, 1.165) is 22.2 Å². The number of nitrogens with one attached hydrogen (secondary N) is 1. The van der Waals surface area contributed by atoms with Crippen LogP contribution in [0.15, 0.2) is 48.6 Å². The Kier molecular flexibility index (Phi) is 3.22. The van der Waals surface area contributed by atoms with Gasteiger partial charge in [0.25, 0.3) is 0 Å². The van der Waals surface area contributed by atoms with Gasteiger partial charge in [-0.2, -0.15) is 0 Å². The Balaban J connectivity index is 1.31. The van der Waals surface area contributed by atoms with Crippen molar-refractivity contribution in [3.63, 3.8) is 0 Å². The molecule has 3 aliphatic rings. The predicted octanol–water partition coefficient (Wildman–Crippen LogP) is 1.98. The van der Waals surface area contributed by atoms with E-state index in [4.69, 9.17) is 0 Å². The van der Waals surface area contributed by atoms with Gasteiger partial charge in [-0.05, 0) is 36.5 Å². The molecule has 4 atom stereocenters. The summed E-state index contributed by atoms with van der Waals surface area (Å²) in [6.45, 7) is -0.251. The van der Waals surface area contributed by atoms with E-state index in [1.54, 1.807) is 6.07 Å². The molecule has 1 saturated carbocycles. The lowest BCUT2D eigenvalue weighted by atomic mass is 9.85. The monoisotopic (exact) mass is 347 g/mol. The molecule has 2 aliphatic carbocycles. The van der Waals surface area contributed by atoms with Crippen LogP contribution in [0, 0.1) is 23.7 Å². The number of para-hydroxylation sites is 1. The van der Waals surface area contributed by atoms with Crippen molar-refractivity contribution in [2.45, 2.75) is 6.42 Å². The summed E-state index contributed by atoms with van der Waals surface area (Å²) in [5, 5.41) is 3.67. The van der Waals surface area contributed by atoms with Gasteiger partial charge in [0.2, 0.25) is 17.7 Å². The average Bonchev–Trinajstić information content (AvgIpc) is 3.32. The van der Waals surface area contributed by atoms with Gasteiger partial charge in [-0.1, -0.05) is 30.4 Å². The highest BCUT2D eigenvalue weighted by Gasteiger charge is 2.59. The summed E-state index contributed by atoms with van der Waals surface area (Å²) in [6.07, 6.45) is 4.97. The normalized spacial score (nSPS) is 28.8. The maximum atomic E-state index is 12.6. The van der Waals surface area contributed by atoms with E-state index < -0.39 is 5.91 Å². The van der Waals surface area contributed by atoms with Crippen molar-refractivity contribution in [3.05, 3.63) is 48.6 Å². The minimum absolute atomic E-state index is 0.150. The largest absolute Gasteiger partial charge is 0.309 e. The standard InChI is InChI=1S/C20H17N3O3/c24-16(22-15-8-7-11-3-1-2-4-14(11)21-15)10-23-19(25)17-12-5-6-13(9-12)18(17)20(23)26/h1-8,12-13,17-18H,9-10H2,(H,21,22,24)/t12-,13-,17+,18+/m0/s1. The number of allylic oxidation sites excluding steroid dienone is 2. The number of pyridine rings is 1. The van der Waals surface area contributed by atoms with Crippen LogP contribution in [0.25, 0.3) is 10.9 Å². The van der Waals surface area contributed by atoms with Crippen molar-refractivity contribution in [1.29, 1.82) is 0 Å². The molecular weight excluding hydrogens is 330 g/mol. The molecule has 6 nitrogen and oxygen atoms in total. The fraction of sp³-hybridized carbons (Fsp3) is 0.300. The topological polar surface area (TPSA) is 79.4 Å². The van der Waals surface area contributed by atoms with E-state index in [2.05, 4.69) is 10.3 Å². The maximum Gasteiger partial charge on any atom is 0.245 e. The van der Waals surface area contributed by atoms with Crippen LogP contribution in [0.4, 0.5) is 5.82 Å². The van der Waals surface area contributed by atoms with Crippen LogP contribution in [-0.4, -0.2) is 34.2 Å². The van der Waals surface area contributed by atoms with Gasteiger partial charge in [0, 0.05) is 5.39 Å². The summed E-state index contributed by atoms with van der Waals surface area (Å²) >= 11 is 0. The number of likely N-dealkylation sites (tertiary alicyclic amines) is 1. The number of amides is 3. The third-order valence-corrected chi connectivity index (χ3v) is 5.73. The van der Waals surface area contributed by atoms with Gasteiger partial charge >= 0.3 is 0 Å². The molecule has 2 fully saturated rings. The Morgan fingerprint density at radius 2 is 1.73 bits per heavy atom. The molecule has 1 N–H and O–H groups in total. The molecule has 5 rings (SSSR count). The van der Waals surface area contributed by atoms with Crippen molar-refractivity contribution in [3.8, 4) is 0 Å². The molecule has 26 heavy (non-hydrogen) atoms. The molecule has 1 aromatic carbocycles. The number of hydrogen-bond acceptors (Lipinski definition) is 4. The fourth-order valence-corrected chi connectivity index (χ4v) is 4.58. The average molecular weight is 347 g/mol. The number of carbonyl (C=O) groups is 3. The fourth-order valence-electron chi connectivity index (χ4n) is 4.58. The van der Waals surface area contributed by atoms with Gasteiger partial charge in [-0.25, -0.2) is 4.98 Å². The molecule has 2 bridgehead atoms. The van der Waals surface area contributed by atoms with Crippen LogP contribution in [0.1, 0.15) is 6.42 Å². The number of aromatic nitrogens is 1. The Labute approximate surface area is 149 Å². The Morgan fingerprint density at radius 1 is 1.04 bits per heavy atom. The molecule has 0 spiro atoms. The van der Waals surface area contributed by atoms with Gasteiger partial charge in [-0.3, -0.25) is 19.3 Å². The molecule has 1 aromatic heterocycles. The molecule has 1 aliphatic heterocycles. The Hall–Kier alpha value is -3.02. The molecule has 2 heterocycles. The van der Waals surface area contributed by atoms with Gasteiger partial charge < -0.3 is 5.32 Å².